The number of rotatable bonds is 2. The zero-order valence-corrected chi connectivity index (χ0v) is 16.5. The summed E-state index contributed by atoms with van der Waals surface area (Å²) in [7, 11) is 0. The van der Waals surface area contributed by atoms with Crippen LogP contribution in [-0.4, -0.2) is 28.9 Å². The highest BCUT2D eigenvalue weighted by molar-refractivity contribution is 6.30. The molecule has 138 valence electrons. The number of nitrogens with zero attached hydrogens (tertiary/aromatic N) is 2. The molecule has 0 saturated carbocycles. The topological polar surface area (TPSA) is 33.2 Å². The van der Waals surface area contributed by atoms with Crippen molar-refractivity contribution in [2.45, 2.75) is 26.7 Å². The van der Waals surface area contributed by atoms with E-state index in [1.165, 1.54) is 6.42 Å². The monoisotopic (exact) mass is 378 g/mol. The highest BCUT2D eigenvalue weighted by Gasteiger charge is 2.26. The van der Waals surface area contributed by atoms with E-state index in [0.29, 0.717) is 10.9 Å². The molecule has 4 heteroatoms. The van der Waals surface area contributed by atoms with Crippen molar-refractivity contribution in [3.63, 3.8) is 0 Å². The molecule has 1 aliphatic heterocycles. The van der Waals surface area contributed by atoms with Crippen LogP contribution >= 0.6 is 11.6 Å². The molecule has 1 atom stereocenters. The van der Waals surface area contributed by atoms with Crippen LogP contribution in [0.2, 0.25) is 5.02 Å². The van der Waals surface area contributed by atoms with Gasteiger partial charge in [-0.25, -0.2) is 4.98 Å². The summed E-state index contributed by atoms with van der Waals surface area (Å²) in [5.41, 5.74) is 4.38. The summed E-state index contributed by atoms with van der Waals surface area (Å²) < 4.78 is 0. The molecule has 1 saturated heterocycles. The Morgan fingerprint density at radius 1 is 1.15 bits per heavy atom. The van der Waals surface area contributed by atoms with Crippen molar-refractivity contribution in [3.05, 3.63) is 64.7 Å². The van der Waals surface area contributed by atoms with E-state index in [1.807, 2.05) is 60.4 Å². The third-order valence-electron chi connectivity index (χ3n) is 5.41. The van der Waals surface area contributed by atoms with Crippen molar-refractivity contribution >= 4 is 28.4 Å². The van der Waals surface area contributed by atoms with Crippen LogP contribution in [0.4, 0.5) is 0 Å². The predicted octanol–water partition coefficient (Wildman–Crippen LogP) is 5.74. The summed E-state index contributed by atoms with van der Waals surface area (Å²) in [6, 6.07) is 15.6. The second kappa shape index (κ2) is 7.32. The number of hydrogen-bond acceptors (Lipinski definition) is 2. The highest BCUT2D eigenvalue weighted by atomic mass is 35.5. The molecule has 2 aromatic carbocycles. The van der Waals surface area contributed by atoms with Gasteiger partial charge in [0.1, 0.15) is 0 Å². The lowest BCUT2D eigenvalue weighted by molar-refractivity contribution is 0.0684. The number of amides is 1. The molecular formula is C23H23ClN2O. The number of piperidine rings is 1. The molecule has 0 aliphatic carbocycles. The van der Waals surface area contributed by atoms with E-state index >= 15 is 0 Å². The van der Waals surface area contributed by atoms with E-state index in [0.717, 1.165) is 52.8 Å². The van der Waals surface area contributed by atoms with Crippen LogP contribution in [0.25, 0.3) is 22.2 Å². The fourth-order valence-electron chi connectivity index (χ4n) is 4.00. The summed E-state index contributed by atoms with van der Waals surface area (Å²) in [5, 5.41) is 1.62. The van der Waals surface area contributed by atoms with Gasteiger partial charge in [0.2, 0.25) is 0 Å². The number of carbonyl (C=O) groups excluding carboxylic acids is 1. The van der Waals surface area contributed by atoms with Crippen LogP contribution in [-0.2, 0) is 0 Å². The van der Waals surface area contributed by atoms with E-state index < -0.39 is 0 Å². The molecule has 2 heterocycles. The van der Waals surface area contributed by atoms with Gasteiger partial charge in [-0.1, -0.05) is 48.9 Å². The van der Waals surface area contributed by atoms with Crippen LogP contribution in [0.1, 0.15) is 35.7 Å². The van der Waals surface area contributed by atoms with Crippen LogP contribution in [0.5, 0.6) is 0 Å². The third kappa shape index (κ3) is 3.44. The molecule has 1 aliphatic rings. The maximum atomic E-state index is 13.5. The lowest BCUT2D eigenvalue weighted by atomic mass is 9.95. The molecular weight excluding hydrogens is 356 g/mol. The molecule has 4 rings (SSSR count). The Bertz CT molecular complexity index is 997. The van der Waals surface area contributed by atoms with E-state index in [4.69, 9.17) is 16.6 Å². The molecule has 0 bridgehead atoms. The number of pyridine rings is 1. The maximum absolute atomic E-state index is 13.5. The zero-order chi connectivity index (χ0) is 19.0. The predicted molar refractivity (Wildman–Crippen MR) is 111 cm³/mol. The number of carbonyl (C=O) groups is 1. The minimum atomic E-state index is 0.118. The summed E-state index contributed by atoms with van der Waals surface area (Å²) in [4.78, 5) is 20.4. The molecule has 27 heavy (non-hydrogen) atoms. The second-order valence-electron chi connectivity index (χ2n) is 7.48. The van der Waals surface area contributed by atoms with Gasteiger partial charge in [-0.3, -0.25) is 4.79 Å². The molecule has 0 N–H and O–H groups in total. The second-order valence-corrected chi connectivity index (χ2v) is 7.92. The molecule has 1 amide bonds. The van der Waals surface area contributed by atoms with E-state index in [1.54, 1.807) is 0 Å². The first-order valence-electron chi connectivity index (χ1n) is 9.49. The fourth-order valence-corrected chi connectivity index (χ4v) is 4.13. The van der Waals surface area contributed by atoms with Crippen molar-refractivity contribution in [3.8, 4) is 11.3 Å². The molecule has 3 aromatic rings. The number of para-hydroxylation sites is 1. The maximum Gasteiger partial charge on any atom is 0.254 e. The van der Waals surface area contributed by atoms with E-state index in [9.17, 15) is 4.79 Å². The minimum Gasteiger partial charge on any atom is -0.338 e. The van der Waals surface area contributed by atoms with Crippen molar-refractivity contribution in [2.24, 2.45) is 5.92 Å². The fraction of sp³-hybridized carbons (Fsp3) is 0.304. The van der Waals surface area contributed by atoms with E-state index in [2.05, 4.69) is 6.92 Å². The highest BCUT2D eigenvalue weighted by Crippen LogP contribution is 2.32. The van der Waals surface area contributed by atoms with Crippen molar-refractivity contribution in [2.75, 3.05) is 13.1 Å². The normalized spacial score (nSPS) is 17.3. The SMILES string of the molecule is Cc1c(-c2ccc(Cl)cc2)nc2ccccc2c1C(=O)N1CCCC(C)C1. The number of aromatic nitrogens is 1. The Labute approximate surface area is 165 Å². The standard InChI is InChI=1S/C23H23ClN2O/c1-15-6-5-13-26(14-15)23(27)21-16(2)22(17-9-11-18(24)12-10-17)25-20-8-4-3-7-19(20)21/h3-4,7-12,15H,5-6,13-14H2,1-2H3. The molecule has 1 aromatic heterocycles. The average molecular weight is 379 g/mol. The van der Waals surface area contributed by atoms with Crippen LogP contribution in [0, 0.1) is 12.8 Å². The number of benzene rings is 2. The summed E-state index contributed by atoms with van der Waals surface area (Å²) >= 11 is 6.05. The van der Waals surface area contributed by atoms with Crippen molar-refractivity contribution < 1.29 is 4.79 Å². The van der Waals surface area contributed by atoms with Gasteiger partial charge in [0, 0.05) is 29.1 Å². The van der Waals surface area contributed by atoms with E-state index in [-0.39, 0.29) is 5.91 Å². The molecule has 3 nitrogen and oxygen atoms in total. The molecule has 0 spiro atoms. The smallest absolute Gasteiger partial charge is 0.254 e. The third-order valence-corrected chi connectivity index (χ3v) is 5.66. The largest absolute Gasteiger partial charge is 0.338 e. The van der Waals surface area contributed by atoms with Crippen molar-refractivity contribution in [1.82, 2.24) is 9.88 Å². The first-order chi connectivity index (χ1) is 13.0. The van der Waals surface area contributed by atoms with Gasteiger partial charge >= 0.3 is 0 Å². The Hall–Kier alpha value is -2.39. The zero-order valence-electron chi connectivity index (χ0n) is 15.7. The van der Waals surface area contributed by atoms with Gasteiger partial charge in [0.05, 0.1) is 16.8 Å². The number of halogens is 1. The Morgan fingerprint density at radius 3 is 2.63 bits per heavy atom. The van der Waals surface area contributed by atoms with Crippen LogP contribution < -0.4 is 0 Å². The Kier molecular flexibility index (Phi) is 4.88. The summed E-state index contributed by atoms with van der Waals surface area (Å²) in [6.45, 7) is 5.88. The number of hydrogen-bond donors (Lipinski definition) is 0. The average Bonchev–Trinajstić information content (AvgIpc) is 2.68. The van der Waals surface area contributed by atoms with Gasteiger partial charge < -0.3 is 4.90 Å². The van der Waals surface area contributed by atoms with Gasteiger partial charge in [-0.15, -0.1) is 0 Å². The lowest BCUT2D eigenvalue weighted by Gasteiger charge is -2.32. The van der Waals surface area contributed by atoms with Gasteiger partial charge in [0.25, 0.3) is 5.91 Å². The first kappa shape index (κ1) is 18.0. The Balaban J connectivity index is 1.89. The number of likely N-dealkylation sites (tertiary alicyclic amines) is 1. The van der Waals surface area contributed by atoms with Crippen LogP contribution in [0.15, 0.2) is 48.5 Å². The van der Waals surface area contributed by atoms with Gasteiger partial charge in [-0.05, 0) is 49.4 Å². The molecule has 1 unspecified atom stereocenters. The molecule has 0 radical (unpaired) electrons. The number of fused-ring (bicyclic) bond motifs is 1. The first-order valence-corrected chi connectivity index (χ1v) is 9.87. The van der Waals surface area contributed by atoms with Gasteiger partial charge in [-0.2, -0.15) is 0 Å². The summed E-state index contributed by atoms with van der Waals surface area (Å²) in [5.74, 6) is 0.666. The molecule has 1 fully saturated rings. The minimum absolute atomic E-state index is 0.118. The summed E-state index contributed by atoms with van der Waals surface area (Å²) in [6.07, 6.45) is 2.26. The lowest BCUT2D eigenvalue weighted by Crippen LogP contribution is -2.39. The van der Waals surface area contributed by atoms with Crippen molar-refractivity contribution in [1.29, 1.82) is 0 Å². The Morgan fingerprint density at radius 2 is 1.89 bits per heavy atom. The van der Waals surface area contributed by atoms with Gasteiger partial charge in [0.15, 0.2) is 0 Å². The van der Waals surface area contributed by atoms with Crippen LogP contribution in [0.3, 0.4) is 0 Å². The quantitative estimate of drug-likeness (QED) is 0.570.